The zero-order valence-corrected chi connectivity index (χ0v) is 10.5. The molecule has 4 heteroatoms. The van der Waals surface area contributed by atoms with E-state index in [9.17, 15) is 8.42 Å². The molecule has 0 aliphatic carbocycles. The topological polar surface area (TPSA) is 34.1 Å². The molecule has 0 aromatic heterocycles. The number of halogens is 1. The molecule has 0 aliphatic rings. The van der Waals surface area contributed by atoms with E-state index in [1.807, 2.05) is 0 Å². The van der Waals surface area contributed by atoms with Crippen LogP contribution in [-0.4, -0.2) is 14.2 Å². The molecule has 0 rings (SSSR count). The zero-order valence-electron chi connectivity index (χ0n) is 7.55. The molecule has 0 spiro atoms. The maximum Gasteiger partial charge on any atom is 0.203 e. The molecule has 0 saturated carbocycles. The molecule has 0 N–H and O–H groups in total. The molecule has 2 nitrogen and oxygen atoms in total. The summed E-state index contributed by atoms with van der Waals surface area (Å²) >= 11 is 1.52. The van der Waals surface area contributed by atoms with Crippen LogP contribution in [0, 0.1) is 0 Å². The third-order valence-electron chi connectivity index (χ3n) is 1.74. The lowest BCUT2D eigenvalue weighted by Gasteiger charge is -1.98. The van der Waals surface area contributed by atoms with Gasteiger partial charge in [-0.2, -0.15) is 0 Å². The van der Waals surface area contributed by atoms with E-state index in [1.54, 1.807) is 0 Å². The van der Waals surface area contributed by atoms with E-state index in [2.05, 4.69) is 6.92 Å². The van der Waals surface area contributed by atoms with Crippen LogP contribution in [0.5, 0.6) is 0 Å². The molecule has 0 saturated heterocycles. The predicted octanol–water partition coefficient (Wildman–Crippen LogP) is 3.11. The summed E-state index contributed by atoms with van der Waals surface area (Å²) in [5.41, 5.74) is 0. The van der Waals surface area contributed by atoms with Crippen LogP contribution in [0.4, 0.5) is 0 Å². The Labute approximate surface area is 87.6 Å². The summed E-state index contributed by atoms with van der Waals surface area (Å²) < 4.78 is 21.4. The van der Waals surface area contributed by atoms with Gasteiger partial charge in [0.2, 0.25) is 7.01 Å². The van der Waals surface area contributed by atoms with Gasteiger partial charge in [-0.15, -0.1) is 0 Å². The zero-order chi connectivity index (χ0) is 9.45. The average molecular weight is 304 g/mol. The van der Waals surface area contributed by atoms with Crippen molar-refractivity contribution in [1.82, 2.24) is 0 Å². The molecule has 0 unspecified atom stereocenters. The Morgan fingerprint density at radius 2 is 1.50 bits per heavy atom. The Bertz CT molecular complexity index is 187. The van der Waals surface area contributed by atoms with Gasteiger partial charge in [0.05, 0.1) is 27.0 Å². The summed E-state index contributed by atoms with van der Waals surface area (Å²) in [7, 11) is -2.75. The van der Waals surface area contributed by atoms with E-state index >= 15 is 0 Å². The number of unbranched alkanes of at least 4 members (excludes halogenated alkanes) is 5. The lowest BCUT2D eigenvalue weighted by molar-refractivity contribution is 0.597. The molecule has 0 amide bonds. The molecule has 0 aromatic carbocycles. The standard InChI is InChI=1S/C8H17IO2S/c1-2-3-4-5-6-7-8-12(9,10)11/h2-8H2,1H3. The fraction of sp³-hybridized carbons (Fsp3) is 1.00. The Hall–Kier alpha value is 0.680. The van der Waals surface area contributed by atoms with E-state index in [1.165, 1.54) is 46.9 Å². The van der Waals surface area contributed by atoms with Crippen LogP contribution in [0.25, 0.3) is 0 Å². The molecule has 0 fully saturated rings. The van der Waals surface area contributed by atoms with Gasteiger partial charge in [0.25, 0.3) is 0 Å². The van der Waals surface area contributed by atoms with E-state index in [-0.39, 0.29) is 0 Å². The first-order valence-corrected chi connectivity index (χ1v) is 8.68. The van der Waals surface area contributed by atoms with Gasteiger partial charge in [-0.1, -0.05) is 39.0 Å². The average Bonchev–Trinajstić information content (AvgIpc) is 1.94. The maximum absolute atomic E-state index is 10.7. The van der Waals surface area contributed by atoms with Gasteiger partial charge in [0, 0.05) is 0 Å². The van der Waals surface area contributed by atoms with Crippen molar-refractivity contribution in [2.24, 2.45) is 0 Å². The molecule has 0 heterocycles. The van der Waals surface area contributed by atoms with Gasteiger partial charge in [-0.25, -0.2) is 8.42 Å². The fourth-order valence-electron chi connectivity index (χ4n) is 1.05. The van der Waals surface area contributed by atoms with Crippen molar-refractivity contribution in [1.29, 1.82) is 0 Å². The minimum Gasteiger partial charge on any atom is -0.218 e. The quantitative estimate of drug-likeness (QED) is 0.411. The molecule has 74 valence electrons. The number of hydrogen-bond acceptors (Lipinski definition) is 2. The van der Waals surface area contributed by atoms with Crippen LogP contribution < -0.4 is 0 Å². The van der Waals surface area contributed by atoms with Crippen molar-refractivity contribution in [3.05, 3.63) is 0 Å². The van der Waals surface area contributed by atoms with E-state index in [0.29, 0.717) is 5.75 Å². The van der Waals surface area contributed by atoms with Gasteiger partial charge in [0.1, 0.15) is 0 Å². The largest absolute Gasteiger partial charge is 0.218 e. The van der Waals surface area contributed by atoms with Gasteiger partial charge in [-0.05, 0) is 6.42 Å². The summed E-state index contributed by atoms with van der Waals surface area (Å²) in [6, 6.07) is 0. The highest BCUT2D eigenvalue weighted by atomic mass is 127. The van der Waals surface area contributed by atoms with Crippen molar-refractivity contribution in [2.75, 3.05) is 5.75 Å². The summed E-state index contributed by atoms with van der Waals surface area (Å²) in [5, 5.41) is 0. The third kappa shape index (κ3) is 10.7. The third-order valence-corrected chi connectivity index (χ3v) is 3.84. The lowest BCUT2D eigenvalue weighted by Crippen LogP contribution is -1.95. The Kier molecular flexibility index (Phi) is 7.52. The van der Waals surface area contributed by atoms with Crippen LogP contribution in [-0.2, 0) is 7.01 Å². The molecular weight excluding hydrogens is 287 g/mol. The number of rotatable bonds is 7. The molecule has 0 atom stereocenters. The summed E-state index contributed by atoms with van der Waals surface area (Å²) in [5.74, 6) is 0.347. The van der Waals surface area contributed by atoms with Crippen LogP contribution in [0.3, 0.4) is 0 Å². The Morgan fingerprint density at radius 3 is 2.00 bits per heavy atom. The summed E-state index contributed by atoms with van der Waals surface area (Å²) in [6.45, 7) is 2.18. The summed E-state index contributed by atoms with van der Waals surface area (Å²) in [4.78, 5) is 0. The fourth-order valence-corrected chi connectivity index (χ4v) is 2.54. The predicted molar refractivity (Wildman–Crippen MR) is 61.2 cm³/mol. The van der Waals surface area contributed by atoms with E-state index < -0.39 is 7.01 Å². The Balaban J connectivity index is 3.12. The van der Waals surface area contributed by atoms with Crippen molar-refractivity contribution in [2.45, 2.75) is 45.4 Å². The first-order valence-electron chi connectivity index (χ1n) is 4.48. The molecule has 0 bridgehead atoms. The van der Waals surface area contributed by atoms with Crippen molar-refractivity contribution >= 4 is 28.2 Å². The SMILES string of the molecule is CCCCCCCCS(=O)(=O)I. The highest BCUT2D eigenvalue weighted by Crippen LogP contribution is 2.09. The Morgan fingerprint density at radius 1 is 1.00 bits per heavy atom. The molecule has 0 radical (unpaired) electrons. The minimum absolute atomic E-state index is 0.347. The molecule has 0 aromatic rings. The van der Waals surface area contributed by atoms with E-state index in [0.717, 1.165) is 12.8 Å². The summed E-state index contributed by atoms with van der Waals surface area (Å²) in [6.07, 6.45) is 6.83. The number of hydrogen-bond donors (Lipinski definition) is 0. The van der Waals surface area contributed by atoms with Gasteiger partial charge in [-0.3, -0.25) is 0 Å². The second-order valence-electron chi connectivity index (χ2n) is 3.01. The monoisotopic (exact) mass is 304 g/mol. The smallest absolute Gasteiger partial charge is 0.203 e. The second kappa shape index (κ2) is 7.12. The van der Waals surface area contributed by atoms with Gasteiger partial charge in [0.15, 0.2) is 0 Å². The molecular formula is C8H17IO2S. The van der Waals surface area contributed by atoms with Gasteiger partial charge < -0.3 is 0 Å². The highest BCUT2D eigenvalue weighted by Gasteiger charge is 2.02. The van der Waals surface area contributed by atoms with E-state index in [4.69, 9.17) is 0 Å². The van der Waals surface area contributed by atoms with Crippen molar-refractivity contribution in [3.63, 3.8) is 0 Å². The minimum atomic E-state index is -2.75. The van der Waals surface area contributed by atoms with Gasteiger partial charge >= 0.3 is 0 Å². The first kappa shape index (κ1) is 12.7. The van der Waals surface area contributed by atoms with Crippen molar-refractivity contribution in [3.8, 4) is 0 Å². The highest BCUT2D eigenvalue weighted by molar-refractivity contribution is 14.2. The molecule has 12 heavy (non-hydrogen) atoms. The van der Waals surface area contributed by atoms with Crippen LogP contribution in [0.2, 0.25) is 0 Å². The van der Waals surface area contributed by atoms with Crippen molar-refractivity contribution < 1.29 is 8.42 Å². The first-order chi connectivity index (χ1) is 5.56. The van der Waals surface area contributed by atoms with Crippen LogP contribution in [0.1, 0.15) is 45.4 Å². The lowest BCUT2D eigenvalue weighted by atomic mass is 10.1. The maximum atomic E-state index is 10.7. The van der Waals surface area contributed by atoms with Crippen LogP contribution >= 0.6 is 21.2 Å². The normalized spacial score (nSPS) is 11.8. The van der Waals surface area contributed by atoms with Crippen LogP contribution in [0.15, 0.2) is 0 Å². The second-order valence-corrected chi connectivity index (χ2v) is 8.52. The molecule has 0 aliphatic heterocycles.